The molecule has 2 aromatic rings. The van der Waals surface area contributed by atoms with Crippen LogP contribution in [-0.4, -0.2) is 106 Å². The van der Waals surface area contributed by atoms with Gasteiger partial charge in [-0.3, -0.25) is 0 Å². The molecule has 9 nitrogen and oxygen atoms in total. The molecule has 0 bridgehead atoms. The fourth-order valence-corrected chi connectivity index (χ4v) is 5.17. The van der Waals surface area contributed by atoms with E-state index in [1.54, 1.807) is 7.11 Å². The number of piperazine rings is 1. The van der Waals surface area contributed by atoms with Crippen molar-refractivity contribution in [3.63, 3.8) is 0 Å². The highest BCUT2D eigenvalue weighted by atomic mass is 16.5. The number of nitrogens with zero attached hydrogens (tertiary/aromatic N) is 5. The zero-order chi connectivity index (χ0) is 24.0. The first-order valence-electron chi connectivity index (χ1n) is 13.2. The molecule has 0 atom stereocenters. The van der Waals surface area contributed by atoms with Crippen LogP contribution in [0.3, 0.4) is 0 Å². The van der Waals surface area contributed by atoms with Gasteiger partial charge in [-0.05, 0) is 58.3 Å². The maximum atomic E-state index is 6.22. The molecule has 3 aliphatic rings. The highest BCUT2D eigenvalue weighted by Gasteiger charge is 2.22. The molecule has 3 aliphatic heterocycles. The number of aromatic nitrogens is 2. The summed E-state index contributed by atoms with van der Waals surface area (Å²) in [5, 5.41) is 4.66. The van der Waals surface area contributed by atoms with E-state index in [1.165, 1.54) is 25.9 Å². The number of likely N-dealkylation sites (N-methyl/N-ethyl adjacent to an activating group) is 1. The Kier molecular flexibility index (Phi) is 8.06. The van der Waals surface area contributed by atoms with E-state index in [9.17, 15) is 0 Å². The quantitative estimate of drug-likeness (QED) is 0.541. The minimum Gasteiger partial charge on any atom is -0.493 e. The van der Waals surface area contributed by atoms with Crippen LogP contribution in [0.5, 0.6) is 11.5 Å². The second-order valence-corrected chi connectivity index (χ2v) is 9.96. The van der Waals surface area contributed by atoms with E-state index in [0.717, 1.165) is 99.4 Å². The summed E-state index contributed by atoms with van der Waals surface area (Å²) in [4.78, 5) is 17.2. The predicted molar refractivity (Wildman–Crippen MR) is 139 cm³/mol. The topological polar surface area (TPSA) is 75.2 Å². The van der Waals surface area contributed by atoms with Gasteiger partial charge in [0.05, 0.1) is 19.2 Å². The van der Waals surface area contributed by atoms with Crippen LogP contribution < -0.4 is 19.7 Å². The van der Waals surface area contributed by atoms with Gasteiger partial charge in [0, 0.05) is 63.4 Å². The van der Waals surface area contributed by atoms with E-state index >= 15 is 0 Å². The summed E-state index contributed by atoms with van der Waals surface area (Å²) in [7, 11) is 3.86. The van der Waals surface area contributed by atoms with E-state index in [-0.39, 0.29) is 0 Å². The van der Waals surface area contributed by atoms with E-state index in [4.69, 9.17) is 24.2 Å². The van der Waals surface area contributed by atoms with E-state index in [2.05, 4.69) is 27.1 Å². The van der Waals surface area contributed by atoms with Crippen molar-refractivity contribution in [3.8, 4) is 11.5 Å². The molecule has 3 fully saturated rings. The second kappa shape index (κ2) is 11.6. The van der Waals surface area contributed by atoms with Gasteiger partial charge in [-0.25, -0.2) is 4.98 Å². The van der Waals surface area contributed by atoms with E-state index in [0.29, 0.717) is 12.6 Å². The monoisotopic (exact) mass is 484 g/mol. The normalized spacial score (nSPS) is 20.5. The lowest BCUT2D eigenvalue weighted by molar-refractivity contribution is 0.0904. The van der Waals surface area contributed by atoms with Gasteiger partial charge in [0.25, 0.3) is 0 Å². The summed E-state index contributed by atoms with van der Waals surface area (Å²) in [6.45, 7) is 9.63. The van der Waals surface area contributed by atoms with Crippen molar-refractivity contribution in [1.82, 2.24) is 19.8 Å². The average molecular weight is 485 g/mol. The third kappa shape index (κ3) is 6.08. The van der Waals surface area contributed by atoms with Crippen LogP contribution in [0.15, 0.2) is 12.1 Å². The van der Waals surface area contributed by atoms with Gasteiger partial charge in [0.1, 0.15) is 5.82 Å². The zero-order valence-electron chi connectivity index (χ0n) is 21.3. The summed E-state index contributed by atoms with van der Waals surface area (Å²) < 4.78 is 17.5. The molecular formula is C26H40N6O3. The van der Waals surface area contributed by atoms with Crippen molar-refractivity contribution < 1.29 is 14.2 Å². The molecule has 9 heteroatoms. The van der Waals surface area contributed by atoms with E-state index in [1.807, 2.05) is 12.1 Å². The maximum absolute atomic E-state index is 6.22. The minimum atomic E-state index is 0.342. The van der Waals surface area contributed by atoms with Crippen molar-refractivity contribution in [1.29, 1.82) is 0 Å². The summed E-state index contributed by atoms with van der Waals surface area (Å²) >= 11 is 0. The van der Waals surface area contributed by atoms with Gasteiger partial charge in [-0.2, -0.15) is 4.98 Å². The Labute approximate surface area is 208 Å². The number of hydrogen-bond donors (Lipinski definition) is 1. The number of fused-ring (bicyclic) bond motifs is 1. The van der Waals surface area contributed by atoms with Crippen molar-refractivity contribution in [2.75, 3.05) is 90.0 Å². The number of hydrogen-bond acceptors (Lipinski definition) is 9. The van der Waals surface area contributed by atoms with Gasteiger partial charge >= 0.3 is 0 Å². The molecule has 0 saturated carbocycles. The first-order valence-corrected chi connectivity index (χ1v) is 13.2. The average Bonchev–Trinajstić information content (AvgIpc) is 3.41. The number of ether oxygens (including phenoxy) is 3. The number of anilines is 2. The van der Waals surface area contributed by atoms with Gasteiger partial charge in [-0.1, -0.05) is 0 Å². The summed E-state index contributed by atoms with van der Waals surface area (Å²) in [5.41, 5.74) is 0.888. The first kappa shape index (κ1) is 24.3. The molecule has 1 aromatic heterocycles. The molecular weight excluding hydrogens is 444 g/mol. The van der Waals surface area contributed by atoms with Gasteiger partial charge in [0.15, 0.2) is 11.5 Å². The molecule has 3 saturated heterocycles. The third-order valence-corrected chi connectivity index (χ3v) is 7.39. The third-order valence-electron chi connectivity index (χ3n) is 7.39. The van der Waals surface area contributed by atoms with Crippen LogP contribution in [0.1, 0.15) is 32.1 Å². The molecule has 0 spiro atoms. The van der Waals surface area contributed by atoms with Crippen LogP contribution in [0.4, 0.5) is 11.8 Å². The Morgan fingerprint density at radius 2 is 1.77 bits per heavy atom. The molecule has 35 heavy (non-hydrogen) atoms. The lowest BCUT2D eigenvalue weighted by atomic mass is 10.1. The lowest BCUT2D eigenvalue weighted by Crippen LogP contribution is -2.45. The zero-order valence-corrected chi connectivity index (χ0v) is 21.3. The Morgan fingerprint density at radius 1 is 1.00 bits per heavy atom. The largest absolute Gasteiger partial charge is 0.493 e. The standard InChI is InChI=1S/C26H40N6O3/c1-30-11-13-32(14-12-30)26-28-22-19-24(35-15-5-10-31-8-3-4-9-31)23(33-2)18-21(22)25(29-26)27-20-6-16-34-17-7-20/h18-20H,3-17H2,1-2H3,(H,27,28,29). The molecule has 0 amide bonds. The fraction of sp³-hybridized carbons (Fsp3) is 0.692. The smallest absolute Gasteiger partial charge is 0.227 e. The van der Waals surface area contributed by atoms with Crippen LogP contribution in [0.25, 0.3) is 10.9 Å². The van der Waals surface area contributed by atoms with Crippen LogP contribution in [-0.2, 0) is 4.74 Å². The van der Waals surface area contributed by atoms with Crippen molar-refractivity contribution in [3.05, 3.63) is 12.1 Å². The number of methoxy groups -OCH3 is 1. The van der Waals surface area contributed by atoms with Gasteiger partial charge < -0.3 is 34.2 Å². The predicted octanol–water partition coefficient (Wildman–Crippen LogP) is 2.85. The fourth-order valence-electron chi connectivity index (χ4n) is 5.17. The van der Waals surface area contributed by atoms with Crippen LogP contribution in [0.2, 0.25) is 0 Å². The van der Waals surface area contributed by atoms with Crippen LogP contribution >= 0.6 is 0 Å². The number of nitrogens with one attached hydrogen (secondary N) is 1. The number of rotatable bonds is 9. The second-order valence-electron chi connectivity index (χ2n) is 9.96. The van der Waals surface area contributed by atoms with Crippen molar-refractivity contribution in [2.24, 2.45) is 0 Å². The molecule has 5 rings (SSSR count). The molecule has 4 heterocycles. The molecule has 1 N–H and O–H groups in total. The summed E-state index contributed by atoms with van der Waals surface area (Å²) in [6, 6.07) is 4.40. The molecule has 192 valence electrons. The molecule has 0 unspecified atom stereocenters. The molecule has 1 aromatic carbocycles. The SMILES string of the molecule is COc1cc2c(NC3CCOCC3)nc(N3CCN(C)CC3)nc2cc1OCCCN1CCCC1. The Morgan fingerprint density at radius 3 is 2.51 bits per heavy atom. The highest BCUT2D eigenvalue weighted by Crippen LogP contribution is 2.36. The lowest BCUT2D eigenvalue weighted by Gasteiger charge is -2.33. The van der Waals surface area contributed by atoms with Crippen LogP contribution in [0, 0.1) is 0 Å². The summed E-state index contributed by atoms with van der Waals surface area (Å²) in [6.07, 6.45) is 5.60. The van der Waals surface area contributed by atoms with Gasteiger partial charge in [0.2, 0.25) is 5.95 Å². The Balaban J connectivity index is 1.40. The molecule has 0 aliphatic carbocycles. The Hall–Kier alpha value is -2.36. The molecule has 0 radical (unpaired) electrons. The number of likely N-dealkylation sites (tertiary alicyclic amines) is 1. The first-order chi connectivity index (χ1) is 17.2. The Bertz CT molecular complexity index is 969. The summed E-state index contributed by atoms with van der Waals surface area (Å²) in [5.74, 6) is 3.13. The van der Waals surface area contributed by atoms with Crippen molar-refractivity contribution >= 4 is 22.7 Å². The maximum Gasteiger partial charge on any atom is 0.227 e. The van der Waals surface area contributed by atoms with Gasteiger partial charge in [-0.15, -0.1) is 0 Å². The van der Waals surface area contributed by atoms with Crippen molar-refractivity contribution in [2.45, 2.75) is 38.1 Å². The van der Waals surface area contributed by atoms with E-state index < -0.39 is 0 Å². The minimum absolute atomic E-state index is 0.342. The highest BCUT2D eigenvalue weighted by molar-refractivity contribution is 5.93. The number of benzene rings is 1.